The van der Waals surface area contributed by atoms with Gasteiger partial charge in [0.1, 0.15) is 6.04 Å². The SMILES string of the molecule is CN(C[C@@H]1CCCCO1)[C@@H](C(N)=O)c1cccc(Br)c1. The summed E-state index contributed by atoms with van der Waals surface area (Å²) in [4.78, 5) is 13.8. The minimum Gasteiger partial charge on any atom is -0.377 e. The van der Waals surface area contributed by atoms with E-state index in [9.17, 15) is 4.79 Å². The summed E-state index contributed by atoms with van der Waals surface area (Å²) in [6.45, 7) is 1.54. The zero-order valence-corrected chi connectivity index (χ0v) is 13.3. The van der Waals surface area contributed by atoms with Crippen molar-refractivity contribution in [3.05, 3.63) is 34.3 Å². The van der Waals surface area contributed by atoms with E-state index in [-0.39, 0.29) is 12.0 Å². The molecule has 1 saturated heterocycles. The lowest BCUT2D eigenvalue weighted by atomic mass is 10.0. The van der Waals surface area contributed by atoms with Crippen molar-refractivity contribution in [1.29, 1.82) is 0 Å². The van der Waals surface area contributed by atoms with Crippen LogP contribution in [0, 0.1) is 0 Å². The maximum atomic E-state index is 11.8. The number of rotatable bonds is 5. The van der Waals surface area contributed by atoms with Gasteiger partial charge in [-0.2, -0.15) is 0 Å². The van der Waals surface area contributed by atoms with Crippen LogP contribution in [0.15, 0.2) is 28.7 Å². The van der Waals surface area contributed by atoms with Gasteiger partial charge >= 0.3 is 0 Å². The summed E-state index contributed by atoms with van der Waals surface area (Å²) < 4.78 is 6.68. The number of benzene rings is 1. The quantitative estimate of drug-likeness (QED) is 0.895. The van der Waals surface area contributed by atoms with E-state index in [2.05, 4.69) is 15.9 Å². The van der Waals surface area contributed by atoms with Gasteiger partial charge in [-0.3, -0.25) is 9.69 Å². The van der Waals surface area contributed by atoms with Gasteiger partial charge in [-0.05, 0) is 44.0 Å². The Morgan fingerprint density at radius 3 is 2.95 bits per heavy atom. The van der Waals surface area contributed by atoms with Crippen molar-refractivity contribution in [2.45, 2.75) is 31.4 Å². The second kappa shape index (κ2) is 7.20. The smallest absolute Gasteiger partial charge is 0.239 e. The second-order valence-electron chi connectivity index (χ2n) is 5.29. The molecule has 0 radical (unpaired) electrons. The Balaban J connectivity index is 2.09. The minimum atomic E-state index is -0.418. The average molecular weight is 341 g/mol. The number of halogens is 1. The van der Waals surface area contributed by atoms with Gasteiger partial charge in [0.05, 0.1) is 6.10 Å². The highest BCUT2D eigenvalue weighted by Crippen LogP contribution is 2.24. The number of likely N-dealkylation sites (N-methyl/N-ethyl adjacent to an activating group) is 1. The third-order valence-corrected chi connectivity index (χ3v) is 4.13. The van der Waals surface area contributed by atoms with Crippen molar-refractivity contribution in [2.75, 3.05) is 20.2 Å². The van der Waals surface area contributed by atoms with E-state index >= 15 is 0 Å². The summed E-state index contributed by atoms with van der Waals surface area (Å²) in [6, 6.07) is 7.30. The summed E-state index contributed by atoms with van der Waals surface area (Å²) in [5.74, 6) is -0.332. The fourth-order valence-corrected chi connectivity index (χ4v) is 3.11. The first-order valence-corrected chi connectivity index (χ1v) is 7.74. The molecule has 0 aromatic heterocycles. The van der Waals surface area contributed by atoms with Crippen molar-refractivity contribution < 1.29 is 9.53 Å². The molecule has 20 heavy (non-hydrogen) atoms. The van der Waals surface area contributed by atoms with E-state index in [1.165, 1.54) is 6.42 Å². The van der Waals surface area contributed by atoms with Crippen molar-refractivity contribution >= 4 is 21.8 Å². The van der Waals surface area contributed by atoms with Crippen LogP contribution in [0.2, 0.25) is 0 Å². The summed E-state index contributed by atoms with van der Waals surface area (Å²) in [7, 11) is 1.92. The lowest BCUT2D eigenvalue weighted by Gasteiger charge is -2.31. The van der Waals surface area contributed by atoms with E-state index < -0.39 is 6.04 Å². The maximum absolute atomic E-state index is 11.8. The standard InChI is InChI=1S/C15H21BrN2O2/c1-18(10-13-7-2-3-8-20-13)14(15(17)19)11-5-4-6-12(16)9-11/h4-6,9,13-14H,2-3,7-8,10H2,1H3,(H2,17,19)/t13-,14+/m0/s1. The molecule has 0 unspecified atom stereocenters. The Hall–Kier alpha value is -0.910. The van der Waals surface area contributed by atoms with Crippen LogP contribution in [0.3, 0.4) is 0 Å². The topological polar surface area (TPSA) is 55.6 Å². The number of carbonyl (C=O) groups is 1. The molecule has 2 atom stereocenters. The first-order valence-electron chi connectivity index (χ1n) is 6.94. The average Bonchev–Trinajstić information content (AvgIpc) is 2.39. The number of hydrogen-bond acceptors (Lipinski definition) is 3. The molecule has 1 aliphatic heterocycles. The number of amides is 1. The molecule has 0 saturated carbocycles. The fraction of sp³-hybridized carbons (Fsp3) is 0.533. The molecule has 0 bridgehead atoms. The molecule has 1 amide bonds. The van der Waals surface area contributed by atoms with E-state index in [0.29, 0.717) is 0 Å². The summed E-state index contributed by atoms with van der Waals surface area (Å²) in [5, 5.41) is 0. The highest BCUT2D eigenvalue weighted by molar-refractivity contribution is 9.10. The molecule has 1 aromatic carbocycles. The Morgan fingerprint density at radius 2 is 2.35 bits per heavy atom. The molecular weight excluding hydrogens is 320 g/mol. The molecule has 2 N–H and O–H groups in total. The van der Waals surface area contributed by atoms with E-state index in [4.69, 9.17) is 10.5 Å². The molecule has 5 heteroatoms. The van der Waals surface area contributed by atoms with Crippen LogP contribution in [-0.4, -0.2) is 37.1 Å². The van der Waals surface area contributed by atoms with Crippen LogP contribution >= 0.6 is 15.9 Å². The molecule has 1 heterocycles. The number of nitrogens with two attached hydrogens (primary N) is 1. The predicted octanol–water partition coefficient (Wildman–Crippen LogP) is 2.48. The van der Waals surface area contributed by atoms with Crippen molar-refractivity contribution in [2.24, 2.45) is 5.73 Å². The lowest BCUT2D eigenvalue weighted by molar-refractivity contribution is -0.123. The van der Waals surface area contributed by atoms with Crippen LogP contribution in [0.4, 0.5) is 0 Å². The Kier molecular flexibility index (Phi) is 5.57. The fourth-order valence-electron chi connectivity index (χ4n) is 2.69. The summed E-state index contributed by atoms with van der Waals surface area (Å²) in [5.41, 5.74) is 6.50. The van der Waals surface area contributed by atoms with Gasteiger partial charge in [0.25, 0.3) is 0 Å². The largest absolute Gasteiger partial charge is 0.377 e. The highest BCUT2D eigenvalue weighted by Gasteiger charge is 2.26. The van der Waals surface area contributed by atoms with Gasteiger partial charge in [-0.15, -0.1) is 0 Å². The van der Waals surface area contributed by atoms with Crippen molar-refractivity contribution in [3.63, 3.8) is 0 Å². The maximum Gasteiger partial charge on any atom is 0.239 e. The zero-order chi connectivity index (χ0) is 14.5. The van der Waals surface area contributed by atoms with Gasteiger partial charge < -0.3 is 10.5 Å². The van der Waals surface area contributed by atoms with Crippen LogP contribution in [-0.2, 0) is 9.53 Å². The minimum absolute atomic E-state index is 0.197. The molecule has 110 valence electrons. The number of carbonyl (C=O) groups excluding carboxylic acids is 1. The number of primary amides is 1. The monoisotopic (exact) mass is 340 g/mol. The molecule has 1 fully saturated rings. The zero-order valence-electron chi connectivity index (χ0n) is 11.7. The highest BCUT2D eigenvalue weighted by atomic mass is 79.9. The number of hydrogen-bond donors (Lipinski definition) is 1. The van der Waals surface area contributed by atoms with Crippen LogP contribution < -0.4 is 5.73 Å². The van der Waals surface area contributed by atoms with Gasteiger partial charge in [-0.1, -0.05) is 28.1 Å². The molecule has 0 spiro atoms. The van der Waals surface area contributed by atoms with Crippen LogP contribution in [0.5, 0.6) is 0 Å². The van der Waals surface area contributed by atoms with Gasteiger partial charge in [0.15, 0.2) is 0 Å². The molecular formula is C15H21BrN2O2. The van der Waals surface area contributed by atoms with E-state index in [1.807, 2.05) is 36.2 Å². The van der Waals surface area contributed by atoms with Gasteiger partial charge in [-0.25, -0.2) is 0 Å². The first kappa shape index (κ1) is 15.5. The van der Waals surface area contributed by atoms with Gasteiger partial charge in [0.2, 0.25) is 5.91 Å². The van der Waals surface area contributed by atoms with E-state index in [1.54, 1.807) is 0 Å². The molecule has 0 aliphatic carbocycles. The number of ether oxygens (including phenoxy) is 1. The Bertz CT molecular complexity index is 461. The number of nitrogens with zero attached hydrogens (tertiary/aromatic N) is 1. The van der Waals surface area contributed by atoms with Crippen LogP contribution in [0.1, 0.15) is 30.9 Å². The molecule has 2 rings (SSSR count). The first-order chi connectivity index (χ1) is 9.58. The lowest BCUT2D eigenvalue weighted by Crippen LogP contribution is -2.41. The normalized spacial score (nSPS) is 20.9. The van der Waals surface area contributed by atoms with Gasteiger partial charge in [0, 0.05) is 17.6 Å². The third-order valence-electron chi connectivity index (χ3n) is 3.64. The van der Waals surface area contributed by atoms with Crippen molar-refractivity contribution in [1.82, 2.24) is 4.90 Å². The van der Waals surface area contributed by atoms with Crippen LogP contribution in [0.25, 0.3) is 0 Å². The molecule has 4 nitrogen and oxygen atoms in total. The summed E-state index contributed by atoms with van der Waals surface area (Å²) >= 11 is 3.43. The second-order valence-corrected chi connectivity index (χ2v) is 6.20. The predicted molar refractivity (Wildman–Crippen MR) is 82.3 cm³/mol. The summed E-state index contributed by atoms with van der Waals surface area (Å²) in [6.07, 6.45) is 3.57. The Morgan fingerprint density at radius 1 is 1.55 bits per heavy atom. The molecule has 1 aliphatic rings. The Labute approximate surface area is 128 Å². The van der Waals surface area contributed by atoms with Crippen molar-refractivity contribution in [3.8, 4) is 0 Å². The third kappa shape index (κ3) is 4.04. The molecule has 1 aromatic rings. The van der Waals surface area contributed by atoms with E-state index in [0.717, 1.165) is 36.0 Å².